The minimum Gasteiger partial charge on any atom is -0.543 e. The van der Waals surface area contributed by atoms with Crippen molar-refractivity contribution < 1.29 is 44.4 Å². The van der Waals surface area contributed by atoms with Gasteiger partial charge in [-0.3, -0.25) is 10.1 Å². The van der Waals surface area contributed by atoms with Crippen LogP contribution >= 0.6 is 0 Å². The largest absolute Gasteiger partial charge is 1.00 e. The molecule has 0 spiro atoms. The van der Waals surface area contributed by atoms with E-state index in [1.165, 1.54) is 29.8 Å². The number of carbonyl (C=O) groups excluding carboxylic acids is 1. The van der Waals surface area contributed by atoms with Gasteiger partial charge in [-0.1, -0.05) is 51.1 Å². The van der Waals surface area contributed by atoms with E-state index in [-0.39, 0.29) is 46.4 Å². The molecule has 6 nitrogen and oxygen atoms in total. The summed E-state index contributed by atoms with van der Waals surface area (Å²) in [5.74, 6) is -1.31. The zero-order valence-electron chi connectivity index (χ0n) is 18.5. The van der Waals surface area contributed by atoms with Gasteiger partial charge in [0.15, 0.2) is 0 Å². The van der Waals surface area contributed by atoms with Crippen molar-refractivity contribution in [2.75, 3.05) is 0 Å². The number of nitro groups is 1. The van der Waals surface area contributed by atoms with Crippen LogP contribution in [0.4, 0.5) is 5.69 Å². The van der Waals surface area contributed by atoms with Crippen molar-refractivity contribution in [1.29, 1.82) is 0 Å². The number of aromatic carboxylic acids is 1. The molecule has 156 valence electrons. The Morgan fingerprint density at radius 1 is 0.875 bits per heavy atom. The Kier molecular flexibility index (Phi) is 6.60. The first kappa shape index (κ1) is 23.7. The second-order valence-electron chi connectivity index (χ2n) is 8.53. The molecule has 0 aliphatic rings. The van der Waals surface area contributed by atoms with Crippen molar-refractivity contribution in [3.05, 3.63) is 94.2 Å². The summed E-state index contributed by atoms with van der Waals surface area (Å²) in [6.07, 6.45) is 0. The van der Waals surface area contributed by atoms with Crippen LogP contribution in [0.15, 0.2) is 72.8 Å². The fraction of sp³-hybridized carbons (Fsp3) is 0.160. The summed E-state index contributed by atoms with van der Waals surface area (Å²) in [5.41, 5.74) is 4.44. The van der Waals surface area contributed by atoms with Crippen LogP contribution in [0.5, 0.6) is 0 Å². The Bertz CT molecular complexity index is 1300. The Morgan fingerprint density at radius 2 is 1.47 bits per heavy atom. The molecule has 0 N–H and O–H groups in total. The van der Waals surface area contributed by atoms with Crippen LogP contribution in [0.1, 0.15) is 36.8 Å². The van der Waals surface area contributed by atoms with Crippen LogP contribution in [0.3, 0.4) is 0 Å². The Morgan fingerprint density at radius 3 is 2.00 bits per heavy atom. The molecule has 1 heterocycles. The number of hydrogen-bond donors (Lipinski definition) is 0. The zero-order valence-corrected chi connectivity index (χ0v) is 20.5. The fourth-order valence-electron chi connectivity index (χ4n) is 3.71. The van der Waals surface area contributed by atoms with Crippen LogP contribution in [0.25, 0.3) is 27.7 Å². The van der Waals surface area contributed by atoms with E-state index in [0.29, 0.717) is 11.2 Å². The average molecular weight is 436 g/mol. The monoisotopic (exact) mass is 436 g/mol. The zero-order chi connectivity index (χ0) is 22.3. The third kappa shape index (κ3) is 4.48. The summed E-state index contributed by atoms with van der Waals surface area (Å²) < 4.78 is 1.54. The van der Waals surface area contributed by atoms with Gasteiger partial charge in [0, 0.05) is 23.2 Å². The Hall–Kier alpha value is -2.93. The van der Waals surface area contributed by atoms with Gasteiger partial charge in [-0.05, 0) is 52.4 Å². The third-order valence-corrected chi connectivity index (χ3v) is 5.41. The van der Waals surface area contributed by atoms with Gasteiger partial charge in [-0.25, -0.2) is 0 Å². The minimum atomic E-state index is -1.31. The number of rotatable bonds is 4. The smallest absolute Gasteiger partial charge is 0.543 e. The molecule has 1 aromatic heterocycles. The van der Waals surface area contributed by atoms with Crippen molar-refractivity contribution in [3.8, 4) is 16.8 Å². The van der Waals surface area contributed by atoms with Crippen molar-refractivity contribution in [2.24, 2.45) is 0 Å². The molecule has 32 heavy (non-hydrogen) atoms. The first-order valence-electron chi connectivity index (χ1n) is 9.88. The SMILES string of the molecule is CC(C)(C)c1ccc(-c2ccc3c(c2)cc(C(=O)[O-])n3-c2ccc([N+](=O)[O-])cc2)cc1.[Na+]. The van der Waals surface area contributed by atoms with Crippen molar-refractivity contribution in [2.45, 2.75) is 26.2 Å². The normalized spacial score (nSPS) is 11.2. The average Bonchev–Trinajstić information content (AvgIpc) is 3.12. The van der Waals surface area contributed by atoms with Gasteiger partial charge in [-0.15, -0.1) is 0 Å². The van der Waals surface area contributed by atoms with E-state index in [4.69, 9.17) is 0 Å². The van der Waals surface area contributed by atoms with Crippen molar-refractivity contribution >= 4 is 22.6 Å². The van der Waals surface area contributed by atoms with E-state index in [2.05, 4.69) is 45.0 Å². The Labute approximate surface area is 207 Å². The van der Waals surface area contributed by atoms with Gasteiger partial charge in [0.05, 0.1) is 22.1 Å². The maximum absolute atomic E-state index is 11.8. The predicted molar refractivity (Wildman–Crippen MR) is 118 cm³/mol. The summed E-state index contributed by atoms with van der Waals surface area (Å²) in [5, 5.41) is 23.5. The van der Waals surface area contributed by atoms with Gasteiger partial charge < -0.3 is 14.5 Å². The maximum Gasteiger partial charge on any atom is 1.00 e. The van der Waals surface area contributed by atoms with Gasteiger partial charge in [0.2, 0.25) is 0 Å². The molecule has 4 rings (SSSR count). The van der Waals surface area contributed by atoms with E-state index in [1.807, 2.05) is 18.2 Å². The maximum atomic E-state index is 11.8. The number of hydrogen-bond acceptors (Lipinski definition) is 4. The first-order valence-corrected chi connectivity index (χ1v) is 9.88. The van der Waals surface area contributed by atoms with Gasteiger partial charge >= 0.3 is 29.6 Å². The number of nitro benzene ring substituents is 1. The number of carboxylic acids is 1. The van der Waals surface area contributed by atoms with Gasteiger partial charge in [-0.2, -0.15) is 0 Å². The summed E-state index contributed by atoms with van der Waals surface area (Å²) >= 11 is 0. The molecule has 0 saturated heterocycles. The van der Waals surface area contributed by atoms with Crippen molar-refractivity contribution in [3.63, 3.8) is 0 Å². The molecule has 0 radical (unpaired) electrons. The molecular weight excluding hydrogens is 415 g/mol. The number of carboxylic acid groups (broad SMARTS) is 1. The molecule has 0 amide bonds. The fourth-order valence-corrected chi connectivity index (χ4v) is 3.71. The third-order valence-electron chi connectivity index (χ3n) is 5.41. The van der Waals surface area contributed by atoms with E-state index in [1.54, 1.807) is 10.6 Å². The first-order chi connectivity index (χ1) is 14.6. The van der Waals surface area contributed by atoms with Crippen LogP contribution in [0, 0.1) is 10.1 Å². The molecule has 0 aliphatic carbocycles. The number of carbonyl (C=O) groups is 1. The molecule has 4 aromatic rings. The van der Waals surface area contributed by atoms with Gasteiger partial charge in [0.25, 0.3) is 5.69 Å². The summed E-state index contributed by atoms with van der Waals surface area (Å²) in [6, 6.07) is 21.4. The topological polar surface area (TPSA) is 88.2 Å². The van der Waals surface area contributed by atoms with E-state index in [9.17, 15) is 20.0 Å². The summed E-state index contributed by atoms with van der Waals surface area (Å²) in [6.45, 7) is 6.49. The van der Waals surface area contributed by atoms with E-state index < -0.39 is 10.9 Å². The molecule has 0 atom stereocenters. The number of nitrogens with zero attached hydrogens (tertiary/aromatic N) is 2. The van der Waals surface area contributed by atoms with Crippen LogP contribution in [-0.4, -0.2) is 15.5 Å². The molecule has 3 aromatic carbocycles. The number of benzene rings is 3. The van der Waals surface area contributed by atoms with Crippen LogP contribution in [0.2, 0.25) is 0 Å². The molecule has 0 saturated carbocycles. The molecule has 0 unspecified atom stereocenters. The molecular formula is C25H21N2NaO4. The Balaban J connectivity index is 0.00000289. The van der Waals surface area contributed by atoms with E-state index >= 15 is 0 Å². The molecule has 0 aliphatic heterocycles. The molecule has 7 heteroatoms. The molecule has 0 bridgehead atoms. The summed E-state index contributed by atoms with van der Waals surface area (Å²) in [7, 11) is 0. The van der Waals surface area contributed by atoms with E-state index in [0.717, 1.165) is 16.5 Å². The standard InChI is InChI=1S/C25H22N2O4.Na/c1-25(2,3)19-7-4-16(5-8-19)17-6-13-22-18(14-17)15-23(24(28)29)26(22)20-9-11-21(12-10-20)27(30)31;/h4-15H,1-3H3,(H,28,29);/q;+1/p-1. The van der Waals surface area contributed by atoms with Gasteiger partial charge in [0.1, 0.15) is 0 Å². The quantitative estimate of drug-likeness (QED) is 0.278. The van der Waals surface area contributed by atoms with Crippen molar-refractivity contribution in [1.82, 2.24) is 4.57 Å². The minimum absolute atomic E-state index is 0. The second-order valence-corrected chi connectivity index (χ2v) is 8.53. The van der Waals surface area contributed by atoms with Crippen LogP contribution < -0.4 is 34.7 Å². The predicted octanol–water partition coefficient (Wildman–Crippen LogP) is 1.87. The number of fused-ring (bicyclic) bond motifs is 1. The molecule has 0 fully saturated rings. The second kappa shape index (κ2) is 8.90. The number of aromatic nitrogens is 1. The van der Waals surface area contributed by atoms with Crippen LogP contribution in [-0.2, 0) is 5.41 Å². The summed E-state index contributed by atoms with van der Waals surface area (Å²) in [4.78, 5) is 22.2. The number of non-ortho nitro benzene ring substituents is 1.